The zero-order chi connectivity index (χ0) is 19.9. The van der Waals surface area contributed by atoms with Gasteiger partial charge in [0.1, 0.15) is 11.6 Å². The molecule has 0 aliphatic rings. The summed E-state index contributed by atoms with van der Waals surface area (Å²) in [5.74, 6) is -0.126. The van der Waals surface area contributed by atoms with E-state index in [0.717, 1.165) is 6.26 Å². The number of methoxy groups -OCH3 is 1. The quantitative estimate of drug-likeness (QED) is 0.707. The second-order valence-corrected chi connectivity index (χ2v) is 7.97. The average molecular weight is 394 g/mol. The summed E-state index contributed by atoms with van der Waals surface area (Å²) in [4.78, 5) is 12.2. The van der Waals surface area contributed by atoms with E-state index in [1.165, 1.54) is 17.5 Å². The van der Waals surface area contributed by atoms with E-state index in [-0.39, 0.29) is 37.8 Å². The molecule has 0 saturated carbocycles. The molecule has 6 nitrogen and oxygen atoms in total. The molecular weight excluding hydrogens is 371 g/mol. The lowest BCUT2D eigenvalue weighted by Crippen LogP contribution is -2.39. The van der Waals surface area contributed by atoms with Crippen LogP contribution in [0.15, 0.2) is 48.5 Å². The molecule has 0 atom stereocenters. The summed E-state index contributed by atoms with van der Waals surface area (Å²) in [6.07, 6.45) is 1.35. The Labute approximate surface area is 159 Å². The maximum absolute atomic E-state index is 13.7. The van der Waals surface area contributed by atoms with Crippen LogP contribution in [0.4, 0.5) is 4.39 Å². The summed E-state index contributed by atoms with van der Waals surface area (Å²) >= 11 is 0. The minimum absolute atomic E-state index is 0.100. The van der Waals surface area contributed by atoms with Crippen LogP contribution in [0.25, 0.3) is 0 Å². The Hall–Kier alpha value is -2.45. The van der Waals surface area contributed by atoms with Gasteiger partial charge in [-0.3, -0.25) is 4.79 Å². The summed E-state index contributed by atoms with van der Waals surface area (Å²) in [6, 6.07) is 12.9. The summed E-state index contributed by atoms with van der Waals surface area (Å²) in [5, 5.41) is 2.69. The number of amides is 1. The van der Waals surface area contributed by atoms with Crippen LogP contribution >= 0.6 is 0 Å². The lowest BCUT2D eigenvalue weighted by atomic mass is 10.1. The zero-order valence-electron chi connectivity index (χ0n) is 15.3. The van der Waals surface area contributed by atoms with Crippen molar-refractivity contribution in [3.05, 3.63) is 65.5 Å². The van der Waals surface area contributed by atoms with Gasteiger partial charge in [0.15, 0.2) is 0 Å². The Morgan fingerprint density at radius 3 is 2.56 bits per heavy atom. The molecule has 1 N–H and O–H groups in total. The van der Waals surface area contributed by atoms with Gasteiger partial charge in [-0.25, -0.2) is 17.1 Å². The second kappa shape index (κ2) is 9.48. The Morgan fingerprint density at radius 2 is 1.89 bits per heavy atom. The maximum atomic E-state index is 13.7. The summed E-state index contributed by atoms with van der Waals surface area (Å²) < 4.78 is 44.0. The van der Waals surface area contributed by atoms with Crippen LogP contribution < -0.4 is 10.1 Å². The van der Waals surface area contributed by atoms with Gasteiger partial charge in [0.2, 0.25) is 10.0 Å². The van der Waals surface area contributed by atoms with E-state index in [1.54, 1.807) is 42.5 Å². The molecule has 0 fully saturated rings. The lowest BCUT2D eigenvalue weighted by molar-refractivity contribution is 0.0951. The predicted octanol–water partition coefficient (Wildman–Crippen LogP) is 2.07. The largest absolute Gasteiger partial charge is 0.497 e. The number of hydrogen-bond donors (Lipinski definition) is 1. The highest BCUT2D eigenvalue weighted by Gasteiger charge is 2.17. The van der Waals surface area contributed by atoms with E-state index in [4.69, 9.17) is 4.74 Å². The Morgan fingerprint density at radius 1 is 1.15 bits per heavy atom. The first-order valence-electron chi connectivity index (χ1n) is 8.42. The van der Waals surface area contributed by atoms with Gasteiger partial charge in [0, 0.05) is 25.2 Å². The molecule has 0 unspecified atom stereocenters. The molecule has 146 valence electrons. The SMILES string of the molecule is COc1cccc(C(=O)NCCN(CCc2ccccc2F)S(C)(=O)=O)c1. The first-order valence-corrected chi connectivity index (χ1v) is 10.3. The van der Waals surface area contributed by atoms with E-state index in [2.05, 4.69) is 5.32 Å². The van der Waals surface area contributed by atoms with Crippen LogP contribution in [0, 0.1) is 5.82 Å². The number of nitrogens with one attached hydrogen (secondary N) is 1. The molecule has 0 aromatic heterocycles. The topological polar surface area (TPSA) is 75.7 Å². The number of benzene rings is 2. The third kappa shape index (κ3) is 6.33. The van der Waals surface area contributed by atoms with Crippen LogP contribution in [-0.2, 0) is 16.4 Å². The van der Waals surface area contributed by atoms with Crippen molar-refractivity contribution in [3.63, 3.8) is 0 Å². The van der Waals surface area contributed by atoms with Gasteiger partial charge in [-0.05, 0) is 36.2 Å². The van der Waals surface area contributed by atoms with Gasteiger partial charge in [0.25, 0.3) is 5.91 Å². The molecule has 2 rings (SSSR count). The minimum Gasteiger partial charge on any atom is -0.497 e. The molecule has 0 saturated heterocycles. The molecule has 8 heteroatoms. The average Bonchev–Trinajstić information content (AvgIpc) is 2.64. The predicted molar refractivity (Wildman–Crippen MR) is 102 cm³/mol. The van der Waals surface area contributed by atoms with Crippen LogP contribution in [0.3, 0.4) is 0 Å². The zero-order valence-corrected chi connectivity index (χ0v) is 16.1. The molecular formula is C19H23FN2O4S. The summed E-state index contributed by atoms with van der Waals surface area (Å²) in [6.45, 7) is 0.373. The maximum Gasteiger partial charge on any atom is 0.251 e. The molecule has 0 spiro atoms. The van der Waals surface area contributed by atoms with Gasteiger partial charge in [-0.1, -0.05) is 24.3 Å². The van der Waals surface area contributed by atoms with E-state index in [9.17, 15) is 17.6 Å². The van der Waals surface area contributed by atoms with Crippen molar-refractivity contribution in [1.82, 2.24) is 9.62 Å². The fraction of sp³-hybridized carbons (Fsp3) is 0.316. The van der Waals surface area contributed by atoms with Crippen molar-refractivity contribution >= 4 is 15.9 Å². The molecule has 2 aromatic carbocycles. The number of carbonyl (C=O) groups is 1. The normalized spacial score (nSPS) is 11.4. The first kappa shape index (κ1) is 20.9. The van der Waals surface area contributed by atoms with Gasteiger partial charge in [0.05, 0.1) is 13.4 Å². The number of halogens is 1. The van der Waals surface area contributed by atoms with Gasteiger partial charge < -0.3 is 10.1 Å². The standard InChI is InChI=1S/C19H23FN2O4S/c1-26-17-8-5-7-16(14-17)19(23)21-11-13-22(27(2,24)25)12-10-15-6-3-4-9-18(15)20/h3-9,14H,10-13H2,1-2H3,(H,21,23). The van der Waals surface area contributed by atoms with Gasteiger partial charge in [-0.2, -0.15) is 0 Å². The fourth-order valence-corrected chi connectivity index (χ4v) is 3.40. The highest BCUT2D eigenvalue weighted by atomic mass is 32.2. The Bertz CT molecular complexity index is 887. The highest BCUT2D eigenvalue weighted by molar-refractivity contribution is 7.88. The Kier molecular flexibility index (Phi) is 7.32. The molecule has 27 heavy (non-hydrogen) atoms. The number of nitrogens with zero attached hydrogens (tertiary/aromatic N) is 1. The highest BCUT2D eigenvalue weighted by Crippen LogP contribution is 2.12. The van der Waals surface area contributed by atoms with Crippen molar-refractivity contribution in [2.24, 2.45) is 0 Å². The van der Waals surface area contributed by atoms with Crippen LogP contribution in [0.2, 0.25) is 0 Å². The van der Waals surface area contributed by atoms with Crippen LogP contribution in [-0.4, -0.2) is 51.6 Å². The van der Waals surface area contributed by atoms with E-state index in [0.29, 0.717) is 16.9 Å². The molecule has 0 bridgehead atoms. The van der Waals surface area contributed by atoms with Crippen molar-refractivity contribution in [2.45, 2.75) is 6.42 Å². The first-order chi connectivity index (χ1) is 12.8. The molecule has 2 aromatic rings. The molecule has 0 aliphatic heterocycles. The second-order valence-electron chi connectivity index (χ2n) is 5.99. The van der Waals surface area contributed by atoms with E-state index < -0.39 is 10.0 Å². The number of ether oxygens (including phenoxy) is 1. The van der Waals surface area contributed by atoms with Crippen LogP contribution in [0.1, 0.15) is 15.9 Å². The monoisotopic (exact) mass is 394 g/mol. The van der Waals surface area contributed by atoms with Crippen molar-refractivity contribution in [1.29, 1.82) is 0 Å². The smallest absolute Gasteiger partial charge is 0.251 e. The lowest BCUT2D eigenvalue weighted by Gasteiger charge is -2.20. The Balaban J connectivity index is 1.92. The molecule has 0 aliphatic carbocycles. The number of hydrogen-bond acceptors (Lipinski definition) is 4. The fourth-order valence-electron chi connectivity index (χ4n) is 2.55. The molecule has 0 radical (unpaired) electrons. The number of sulfonamides is 1. The molecule has 0 heterocycles. The van der Waals surface area contributed by atoms with E-state index >= 15 is 0 Å². The van der Waals surface area contributed by atoms with E-state index in [1.807, 2.05) is 0 Å². The number of carbonyl (C=O) groups excluding carboxylic acids is 1. The number of rotatable bonds is 9. The summed E-state index contributed by atoms with van der Waals surface area (Å²) in [5.41, 5.74) is 0.873. The summed E-state index contributed by atoms with van der Waals surface area (Å²) in [7, 11) is -1.97. The minimum atomic E-state index is -3.48. The van der Waals surface area contributed by atoms with Gasteiger partial charge in [-0.15, -0.1) is 0 Å². The van der Waals surface area contributed by atoms with Crippen molar-refractivity contribution in [3.8, 4) is 5.75 Å². The van der Waals surface area contributed by atoms with Crippen molar-refractivity contribution in [2.75, 3.05) is 33.0 Å². The molecule has 1 amide bonds. The van der Waals surface area contributed by atoms with Gasteiger partial charge >= 0.3 is 0 Å². The third-order valence-electron chi connectivity index (χ3n) is 4.04. The third-order valence-corrected chi connectivity index (χ3v) is 5.34. The van der Waals surface area contributed by atoms with Crippen molar-refractivity contribution < 1.29 is 22.3 Å². The van der Waals surface area contributed by atoms with Crippen LogP contribution in [0.5, 0.6) is 5.75 Å².